The second kappa shape index (κ2) is 8.60. The third-order valence-electron chi connectivity index (χ3n) is 3.03. The van der Waals surface area contributed by atoms with Crippen molar-refractivity contribution in [3.8, 4) is 0 Å². The van der Waals surface area contributed by atoms with Crippen molar-refractivity contribution < 1.29 is 42.9 Å². The fourth-order valence-corrected chi connectivity index (χ4v) is 2.20. The van der Waals surface area contributed by atoms with E-state index in [1.54, 1.807) is 0 Å². The average Bonchev–Trinajstić information content (AvgIpc) is 2.42. The van der Waals surface area contributed by atoms with Crippen molar-refractivity contribution in [1.82, 2.24) is 0 Å². The van der Waals surface area contributed by atoms with Crippen molar-refractivity contribution in [3.63, 3.8) is 0 Å². The lowest BCUT2D eigenvalue weighted by molar-refractivity contribution is -0.267. The summed E-state index contributed by atoms with van der Waals surface area (Å²) >= 11 is 0. The van der Waals surface area contributed by atoms with E-state index < -0.39 is 54.5 Å². The first-order valence-electron chi connectivity index (χ1n) is 7.18. The molecule has 1 heterocycles. The van der Waals surface area contributed by atoms with Crippen LogP contribution in [0, 0.1) is 0 Å². The van der Waals surface area contributed by atoms with Gasteiger partial charge in [0.25, 0.3) is 0 Å². The Morgan fingerprint density at radius 2 is 1.33 bits per heavy atom. The largest absolute Gasteiger partial charge is 0.463 e. The van der Waals surface area contributed by atoms with Crippen molar-refractivity contribution in [2.24, 2.45) is 5.73 Å². The molecule has 5 atom stereocenters. The zero-order valence-electron chi connectivity index (χ0n) is 13.8. The minimum absolute atomic E-state index is 0.310. The van der Waals surface area contributed by atoms with Crippen LogP contribution in [-0.2, 0) is 42.9 Å². The SMILES string of the molecule is CC(=O)OCC1O[C@@H](OC(C)=O)C(N)C(OC(C)=O)C1OC(C)=O. The van der Waals surface area contributed by atoms with Gasteiger partial charge in [0.1, 0.15) is 18.8 Å². The first kappa shape index (κ1) is 19.8. The lowest BCUT2D eigenvalue weighted by Crippen LogP contribution is -2.65. The summed E-state index contributed by atoms with van der Waals surface area (Å²) in [6.45, 7) is 4.32. The Morgan fingerprint density at radius 3 is 1.79 bits per heavy atom. The highest BCUT2D eigenvalue weighted by Gasteiger charge is 2.50. The molecule has 0 spiro atoms. The second-order valence-corrected chi connectivity index (χ2v) is 5.18. The monoisotopic (exact) mass is 347 g/mol. The number of ether oxygens (including phenoxy) is 5. The summed E-state index contributed by atoms with van der Waals surface area (Å²) in [4.78, 5) is 44.9. The maximum Gasteiger partial charge on any atom is 0.304 e. The van der Waals surface area contributed by atoms with Gasteiger partial charge in [0.2, 0.25) is 6.29 Å². The summed E-state index contributed by atoms with van der Waals surface area (Å²) in [6.07, 6.45) is -4.58. The van der Waals surface area contributed by atoms with E-state index in [2.05, 4.69) is 0 Å². The Labute approximate surface area is 138 Å². The lowest BCUT2D eigenvalue weighted by atomic mass is 9.97. The van der Waals surface area contributed by atoms with Crippen LogP contribution >= 0.6 is 0 Å². The predicted molar refractivity (Wildman–Crippen MR) is 76.1 cm³/mol. The molecule has 0 saturated carbocycles. The molecule has 10 heteroatoms. The first-order valence-corrected chi connectivity index (χ1v) is 7.18. The van der Waals surface area contributed by atoms with Gasteiger partial charge in [-0.05, 0) is 0 Å². The van der Waals surface area contributed by atoms with Gasteiger partial charge in [-0.15, -0.1) is 0 Å². The van der Waals surface area contributed by atoms with E-state index in [1.165, 1.54) is 6.92 Å². The molecule has 1 aliphatic heterocycles. The number of hydrogen-bond donors (Lipinski definition) is 1. The molecule has 1 saturated heterocycles. The van der Waals surface area contributed by atoms with Gasteiger partial charge in [0.15, 0.2) is 12.2 Å². The number of esters is 4. The van der Waals surface area contributed by atoms with Crippen LogP contribution in [0.25, 0.3) is 0 Å². The Bertz CT molecular complexity index is 490. The maximum atomic E-state index is 11.3. The van der Waals surface area contributed by atoms with Crippen LogP contribution in [0.1, 0.15) is 27.7 Å². The van der Waals surface area contributed by atoms with Gasteiger partial charge in [-0.2, -0.15) is 0 Å². The molecule has 0 bridgehead atoms. The van der Waals surface area contributed by atoms with E-state index in [0.717, 1.165) is 20.8 Å². The molecule has 1 aliphatic rings. The van der Waals surface area contributed by atoms with Gasteiger partial charge in [-0.25, -0.2) is 0 Å². The summed E-state index contributed by atoms with van der Waals surface area (Å²) in [5.74, 6) is -2.62. The van der Waals surface area contributed by atoms with E-state index in [1.807, 2.05) is 0 Å². The number of carbonyl (C=O) groups is 4. The highest BCUT2D eigenvalue weighted by atomic mass is 16.7. The molecule has 1 rings (SSSR count). The molecule has 0 aromatic carbocycles. The van der Waals surface area contributed by atoms with E-state index >= 15 is 0 Å². The maximum absolute atomic E-state index is 11.3. The van der Waals surface area contributed by atoms with Gasteiger partial charge >= 0.3 is 23.9 Å². The van der Waals surface area contributed by atoms with E-state index in [-0.39, 0.29) is 6.61 Å². The molecular weight excluding hydrogens is 326 g/mol. The van der Waals surface area contributed by atoms with Crippen LogP contribution in [0.2, 0.25) is 0 Å². The van der Waals surface area contributed by atoms with Crippen molar-refractivity contribution in [3.05, 3.63) is 0 Å². The molecule has 2 N–H and O–H groups in total. The zero-order chi connectivity index (χ0) is 18.4. The fraction of sp³-hybridized carbons (Fsp3) is 0.714. The van der Waals surface area contributed by atoms with Crippen molar-refractivity contribution in [1.29, 1.82) is 0 Å². The smallest absolute Gasteiger partial charge is 0.304 e. The lowest BCUT2D eigenvalue weighted by Gasteiger charge is -2.42. The number of nitrogens with two attached hydrogens (primary N) is 1. The number of hydrogen-bond acceptors (Lipinski definition) is 10. The first-order chi connectivity index (χ1) is 11.1. The van der Waals surface area contributed by atoms with Gasteiger partial charge in [-0.3, -0.25) is 19.2 Å². The predicted octanol–water partition coefficient (Wildman–Crippen LogP) is -0.972. The van der Waals surface area contributed by atoms with Crippen LogP contribution in [0.3, 0.4) is 0 Å². The third kappa shape index (κ3) is 5.78. The Balaban J connectivity index is 3.08. The molecule has 0 amide bonds. The molecule has 24 heavy (non-hydrogen) atoms. The Morgan fingerprint density at radius 1 is 0.833 bits per heavy atom. The normalized spacial score (nSPS) is 29.3. The van der Waals surface area contributed by atoms with Crippen molar-refractivity contribution >= 4 is 23.9 Å². The van der Waals surface area contributed by atoms with Crippen LogP contribution in [-0.4, -0.2) is 61.1 Å². The van der Waals surface area contributed by atoms with Crippen LogP contribution < -0.4 is 5.73 Å². The number of rotatable bonds is 5. The molecule has 136 valence electrons. The third-order valence-corrected chi connectivity index (χ3v) is 3.03. The van der Waals surface area contributed by atoms with Gasteiger partial charge in [0.05, 0.1) is 0 Å². The summed E-state index contributed by atoms with van der Waals surface area (Å²) in [5.41, 5.74) is 5.93. The summed E-state index contributed by atoms with van der Waals surface area (Å²) in [6, 6.07) is -1.10. The molecule has 4 unspecified atom stereocenters. The van der Waals surface area contributed by atoms with E-state index in [9.17, 15) is 19.2 Å². The molecule has 0 radical (unpaired) electrons. The highest BCUT2D eigenvalue weighted by Crippen LogP contribution is 2.26. The van der Waals surface area contributed by atoms with E-state index in [0.29, 0.717) is 0 Å². The average molecular weight is 347 g/mol. The van der Waals surface area contributed by atoms with Crippen LogP contribution in [0.4, 0.5) is 0 Å². The van der Waals surface area contributed by atoms with Gasteiger partial charge < -0.3 is 29.4 Å². The molecular formula is C14H21NO9. The fourth-order valence-electron chi connectivity index (χ4n) is 2.20. The molecule has 1 fully saturated rings. The zero-order valence-corrected chi connectivity index (χ0v) is 13.8. The Kier molecular flexibility index (Phi) is 7.11. The quantitative estimate of drug-likeness (QED) is 0.487. The van der Waals surface area contributed by atoms with Gasteiger partial charge in [0, 0.05) is 27.7 Å². The highest BCUT2D eigenvalue weighted by molar-refractivity contribution is 5.68. The molecule has 10 nitrogen and oxygen atoms in total. The molecule has 0 aliphatic carbocycles. The minimum atomic E-state index is -1.26. The Hall–Kier alpha value is -2.20. The summed E-state index contributed by atoms with van der Waals surface area (Å²) in [5, 5.41) is 0. The van der Waals surface area contributed by atoms with Crippen molar-refractivity contribution in [2.45, 2.75) is 58.3 Å². The van der Waals surface area contributed by atoms with Gasteiger partial charge in [-0.1, -0.05) is 0 Å². The molecule has 0 aromatic rings. The van der Waals surface area contributed by atoms with Crippen LogP contribution in [0.5, 0.6) is 0 Å². The molecule has 0 aromatic heterocycles. The van der Waals surface area contributed by atoms with E-state index in [4.69, 9.17) is 29.4 Å². The minimum Gasteiger partial charge on any atom is -0.463 e. The van der Waals surface area contributed by atoms with Crippen LogP contribution in [0.15, 0.2) is 0 Å². The standard InChI is InChI=1S/C14H21NO9/c1-6(16)20-5-10-12(21-7(2)17)13(22-8(3)18)11(15)14(24-10)23-9(4)19/h10-14H,5,15H2,1-4H3/t10?,11?,12?,13?,14-/m1/s1. The number of carbonyl (C=O) groups excluding carboxylic acids is 4. The topological polar surface area (TPSA) is 140 Å². The summed E-state index contributed by atoms with van der Waals surface area (Å²) < 4.78 is 25.5. The van der Waals surface area contributed by atoms with Crippen molar-refractivity contribution in [2.75, 3.05) is 6.61 Å². The second-order valence-electron chi connectivity index (χ2n) is 5.18. The summed E-state index contributed by atoms with van der Waals surface area (Å²) in [7, 11) is 0.